The third-order valence-corrected chi connectivity index (χ3v) is 6.16. The zero-order valence-electron chi connectivity index (χ0n) is 23.1. The SMILES string of the molecule is O=C(O)CCCNC(=O)Cc1cc(C(=O)O)ccc1OCCCc1ccc(OCCCCOc2ccccc2)cc1. The molecule has 0 fully saturated rings. The van der Waals surface area contributed by atoms with Gasteiger partial charge in [-0.3, -0.25) is 9.59 Å². The molecule has 9 nitrogen and oxygen atoms in total. The second kappa shape index (κ2) is 17.2. The molecular weight excluding hydrogens is 526 g/mol. The van der Waals surface area contributed by atoms with E-state index in [0.29, 0.717) is 37.6 Å². The number of carbonyl (C=O) groups excluding carboxylic acids is 1. The molecule has 0 radical (unpaired) electrons. The van der Waals surface area contributed by atoms with Crippen molar-refractivity contribution in [2.75, 3.05) is 26.4 Å². The number of carboxylic acid groups (broad SMARTS) is 2. The largest absolute Gasteiger partial charge is 0.494 e. The third kappa shape index (κ3) is 12.0. The average Bonchev–Trinajstić information content (AvgIpc) is 2.97. The Hall–Kier alpha value is -4.53. The molecule has 3 aromatic rings. The highest BCUT2D eigenvalue weighted by atomic mass is 16.5. The molecule has 41 heavy (non-hydrogen) atoms. The van der Waals surface area contributed by atoms with Crippen LogP contribution in [0, 0.1) is 0 Å². The Kier molecular flexibility index (Phi) is 13.0. The van der Waals surface area contributed by atoms with Gasteiger partial charge in [-0.05, 0) is 80.1 Å². The standard InChI is InChI=1S/C32H37NO8/c34-30(33-18-6-11-31(35)36)23-26-22-25(32(37)38)14-17-29(26)41-21-7-8-24-12-15-28(16-13-24)40-20-5-4-19-39-27-9-2-1-3-10-27/h1-3,9-10,12-17,22H,4-8,11,18-21,23H2,(H,33,34)(H,35,36)(H,37,38). The molecule has 0 aliphatic carbocycles. The van der Waals surface area contributed by atoms with Crippen LogP contribution in [0.1, 0.15) is 53.6 Å². The van der Waals surface area contributed by atoms with Crippen molar-refractivity contribution in [3.8, 4) is 17.2 Å². The molecule has 0 bridgehead atoms. The summed E-state index contributed by atoms with van der Waals surface area (Å²) in [7, 11) is 0. The lowest BCUT2D eigenvalue weighted by Gasteiger charge is -2.13. The van der Waals surface area contributed by atoms with E-state index in [4.69, 9.17) is 19.3 Å². The van der Waals surface area contributed by atoms with Crippen LogP contribution >= 0.6 is 0 Å². The quantitative estimate of drug-likeness (QED) is 0.171. The first-order valence-corrected chi connectivity index (χ1v) is 13.8. The molecule has 0 aromatic heterocycles. The number of carbonyl (C=O) groups is 3. The van der Waals surface area contributed by atoms with E-state index in [9.17, 15) is 19.5 Å². The predicted molar refractivity (Wildman–Crippen MR) is 154 cm³/mol. The Morgan fingerprint density at radius 2 is 1.37 bits per heavy atom. The maximum atomic E-state index is 12.3. The first-order chi connectivity index (χ1) is 19.9. The molecule has 0 saturated carbocycles. The van der Waals surface area contributed by atoms with Gasteiger partial charge >= 0.3 is 11.9 Å². The minimum Gasteiger partial charge on any atom is -0.494 e. The third-order valence-electron chi connectivity index (χ3n) is 6.16. The maximum absolute atomic E-state index is 12.3. The number of hydrogen-bond acceptors (Lipinski definition) is 6. The van der Waals surface area contributed by atoms with Gasteiger partial charge in [0.2, 0.25) is 5.91 Å². The van der Waals surface area contributed by atoms with Gasteiger partial charge in [0.25, 0.3) is 0 Å². The Morgan fingerprint density at radius 3 is 2.02 bits per heavy atom. The second-order valence-corrected chi connectivity index (χ2v) is 9.46. The van der Waals surface area contributed by atoms with Crippen molar-refractivity contribution < 1.29 is 38.8 Å². The second-order valence-electron chi connectivity index (χ2n) is 9.46. The molecule has 0 atom stereocenters. The Bertz CT molecular complexity index is 1240. The number of nitrogens with one attached hydrogen (secondary N) is 1. The van der Waals surface area contributed by atoms with Crippen molar-refractivity contribution in [2.24, 2.45) is 0 Å². The van der Waals surface area contributed by atoms with Crippen molar-refractivity contribution in [3.05, 3.63) is 89.5 Å². The smallest absolute Gasteiger partial charge is 0.335 e. The van der Waals surface area contributed by atoms with Crippen LogP contribution in [0.2, 0.25) is 0 Å². The van der Waals surface area contributed by atoms with Gasteiger partial charge in [0, 0.05) is 18.5 Å². The normalized spacial score (nSPS) is 10.5. The van der Waals surface area contributed by atoms with Crippen LogP contribution in [0.5, 0.6) is 17.2 Å². The van der Waals surface area contributed by atoms with Crippen molar-refractivity contribution in [1.29, 1.82) is 0 Å². The molecule has 1 amide bonds. The molecule has 0 spiro atoms. The first kappa shape index (κ1) is 31.0. The van der Waals surface area contributed by atoms with E-state index in [1.54, 1.807) is 6.07 Å². The Balaban J connectivity index is 1.37. The first-order valence-electron chi connectivity index (χ1n) is 13.8. The fraction of sp³-hybridized carbons (Fsp3) is 0.344. The maximum Gasteiger partial charge on any atom is 0.335 e. The van der Waals surface area contributed by atoms with Crippen molar-refractivity contribution in [3.63, 3.8) is 0 Å². The summed E-state index contributed by atoms with van der Waals surface area (Å²) in [6.07, 6.45) is 3.53. The van der Waals surface area contributed by atoms with E-state index >= 15 is 0 Å². The van der Waals surface area contributed by atoms with E-state index in [1.165, 1.54) is 12.1 Å². The van der Waals surface area contributed by atoms with E-state index in [0.717, 1.165) is 42.7 Å². The number of aliphatic carboxylic acids is 1. The summed E-state index contributed by atoms with van der Waals surface area (Å²) in [5.74, 6) is -0.202. The van der Waals surface area contributed by atoms with Gasteiger partial charge in [-0.1, -0.05) is 30.3 Å². The van der Waals surface area contributed by atoms with E-state index in [2.05, 4.69) is 5.32 Å². The van der Waals surface area contributed by atoms with Gasteiger partial charge in [-0.25, -0.2) is 4.79 Å². The molecule has 0 unspecified atom stereocenters. The summed E-state index contributed by atoms with van der Waals surface area (Å²) in [6.45, 7) is 1.90. The molecule has 218 valence electrons. The number of unbranched alkanes of at least 4 members (excludes halogenated alkanes) is 1. The van der Waals surface area contributed by atoms with Crippen LogP contribution in [0.3, 0.4) is 0 Å². The molecule has 3 rings (SSSR count). The summed E-state index contributed by atoms with van der Waals surface area (Å²) in [4.78, 5) is 34.3. The molecule has 0 saturated heterocycles. The zero-order valence-corrected chi connectivity index (χ0v) is 23.1. The number of amides is 1. The van der Waals surface area contributed by atoms with Crippen LogP contribution in [-0.2, 0) is 22.4 Å². The van der Waals surface area contributed by atoms with Crippen molar-refractivity contribution in [2.45, 2.75) is 44.9 Å². The number of benzene rings is 3. The minimum absolute atomic E-state index is 0.0374. The summed E-state index contributed by atoms with van der Waals surface area (Å²) < 4.78 is 17.4. The summed E-state index contributed by atoms with van der Waals surface area (Å²) in [5.41, 5.74) is 1.67. The van der Waals surface area contributed by atoms with Crippen LogP contribution in [0.4, 0.5) is 0 Å². The number of para-hydroxylation sites is 1. The van der Waals surface area contributed by atoms with Gasteiger partial charge in [0.05, 0.1) is 31.8 Å². The van der Waals surface area contributed by atoms with Gasteiger partial charge in [-0.15, -0.1) is 0 Å². The van der Waals surface area contributed by atoms with Crippen LogP contribution < -0.4 is 19.5 Å². The molecule has 9 heteroatoms. The molecule has 0 aliphatic heterocycles. The van der Waals surface area contributed by atoms with Crippen LogP contribution in [0.15, 0.2) is 72.8 Å². The van der Waals surface area contributed by atoms with Gasteiger partial charge in [0.15, 0.2) is 0 Å². The molecular formula is C32H37NO8. The summed E-state index contributed by atoms with van der Waals surface area (Å²) >= 11 is 0. The minimum atomic E-state index is -1.09. The average molecular weight is 564 g/mol. The highest BCUT2D eigenvalue weighted by molar-refractivity contribution is 5.89. The van der Waals surface area contributed by atoms with Crippen LogP contribution in [0.25, 0.3) is 0 Å². The summed E-state index contributed by atoms with van der Waals surface area (Å²) in [5, 5.41) is 20.7. The van der Waals surface area contributed by atoms with Gasteiger partial charge in [0.1, 0.15) is 17.2 Å². The number of aryl methyl sites for hydroxylation is 1. The Morgan fingerprint density at radius 1 is 0.707 bits per heavy atom. The van der Waals surface area contributed by atoms with E-state index in [1.807, 2.05) is 54.6 Å². The van der Waals surface area contributed by atoms with Gasteiger partial charge in [-0.2, -0.15) is 0 Å². The highest BCUT2D eigenvalue weighted by Gasteiger charge is 2.13. The topological polar surface area (TPSA) is 131 Å². The van der Waals surface area contributed by atoms with Crippen LogP contribution in [-0.4, -0.2) is 54.4 Å². The monoisotopic (exact) mass is 563 g/mol. The number of aromatic carboxylic acids is 1. The lowest BCUT2D eigenvalue weighted by atomic mass is 10.1. The molecule has 0 heterocycles. The number of carboxylic acids is 2. The number of hydrogen-bond donors (Lipinski definition) is 3. The Labute approximate surface area is 240 Å². The zero-order chi connectivity index (χ0) is 29.3. The fourth-order valence-corrected chi connectivity index (χ4v) is 4.01. The lowest BCUT2D eigenvalue weighted by Crippen LogP contribution is -2.26. The summed E-state index contributed by atoms with van der Waals surface area (Å²) in [6, 6.07) is 22.1. The highest BCUT2D eigenvalue weighted by Crippen LogP contribution is 2.22. The predicted octanol–water partition coefficient (Wildman–Crippen LogP) is 5.16. The number of rotatable bonds is 19. The van der Waals surface area contributed by atoms with Gasteiger partial charge < -0.3 is 29.7 Å². The van der Waals surface area contributed by atoms with E-state index in [-0.39, 0.29) is 30.9 Å². The lowest BCUT2D eigenvalue weighted by molar-refractivity contribution is -0.137. The molecule has 0 aliphatic rings. The fourth-order valence-electron chi connectivity index (χ4n) is 4.01. The molecule has 3 N–H and O–H groups in total. The van der Waals surface area contributed by atoms with Crippen molar-refractivity contribution >= 4 is 17.8 Å². The number of ether oxygens (including phenoxy) is 3. The molecule has 3 aromatic carbocycles. The van der Waals surface area contributed by atoms with E-state index < -0.39 is 11.9 Å². The van der Waals surface area contributed by atoms with Crippen molar-refractivity contribution in [1.82, 2.24) is 5.32 Å².